The molecule has 0 aliphatic heterocycles. The first kappa shape index (κ1) is 13.0. The van der Waals surface area contributed by atoms with Gasteiger partial charge >= 0.3 is 0 Å². The summed E-state index contributed by atoms with van der Waals surface area (Å²) >= 11 is 0. The van der Waals surface area contributed by atoms with E-state index in [0.29, 0.717) is 0 Å². The molecule has 0 saturated heterocycles. The molecule has 1 aromatic carbocycles. The molecule has 0 aliphatic carbocycles. The smallest absolute Gasteiger partial charge is 0.134 e. The number of aryl methyl sites for hydroxylation is 3. The van der Waals surface area contributed by atoms with Crippen LogP contribution in [0.15, 0.2) is 39.2 Å². The highest BCUT2D eigenvalue weighted by Crippen LogP contribution is 2.35. The van der Waals surface area contributed by atoms with E-state index in [9.17, 15) is 0 Å². The molecule has 1 atom stereocenters. The Morgan fingerprint density at radius 1 is 1.15 bits per heavy atom. The lowest BCUT2D eigenvalue weighted by Crippen LogP contribution is -2.13. The number of rotatable bonds is 3. The van der Waals surface area contributed by atoms with Crippen molar-refractivity contribution in [1.29, 1.82) is 0 Å². The molecule has 1 unspecified atom stereocenters. The molecular formula is C17H19NO2. The number of furan rings is 2. The van der Waals surface area contributed by atoms with Crippen LogP contribution < -0.4 is 5.73 Å². The summed E-state index contributed by atoms with van der Waals surface area (Å²) in [6.45, 7) is 5.98. The molecular weight excluding hydrogens is 250 g/mol. The van der Waals surface area contributed by atoms with Gasteiger partial charge in [0, 0.05) is 22.9 Å². The Hall–Kier alpha value is -2.00. The molecule has 0 radical (unpaired) electrons. The highest BCUT2D eigenvalue weighted by atomic mass is 16.3. The molecule has 3 heteroatoms. The van der Waals surface area contributed by atoms with Gasteiger partial charge in [-0.3, -0.25) is 0 Å². The van der Waals surface area contributed by atoms with Crippen molar-refractivity contribution in [3.05, 3.63) is 58.7 Å². The molecule has 3 rings (SSSR count). The summed E-state index contributed by atoms with van der Waals surface area (Å²) in [6.07, 6.45) is 0.827. The van der Waals surface area contributed by atoms with Gasteiger partial charge in [-0.15, -0.1) is 0 Å². The molecule has 0 aliphatic rings. The van der Waals surface area contributed by atoms with Crippen LogP contribution in [0.2, 0.25) is 0 Å². The monoisotopic (exact) mass is 269 g/mol. The minimum absolute atomic E-state index is 0.217. The van der Waals surface area contributed by atoms with Crippen LogP contribution >= 0.6 is 0 Å². The average molecular weight is 269 g/mol. The van der Waals surface area contributed by atoms with Crippen molar-refractivity contribution in [3.63, 3.8) is 0 Å². The van der Waals surface area contributed by atoms with Crippen LogP contribution in [0.25, 0.3) is 11.0 Å². The zero-order valence-electron chi connectivity index (χ0n) is 12.1. The van der Waals surface area contributed by atoms with Crippen molar-refractivity contribution in [2.75, 3.05) is 0 Å². The molecule has 20 heavy (non-hydrogen) atoms. The quantitative estimate of drug-likeness (QED) is 0.773. The van der Waals surface area contributed by atoms with Gasteiger partial charge in [-0.2, -0.15) is 0 Å². The average Bonchev–Trinajstić information content (AvgIpc) is 2.97. The molecule has 2 aromatic heterocycles. The first-order chi connectivity index (χ1) is 9.61. The van der Waals surface area contributed by atoms with Crippen LogP contribution in [-0.4, -0.2) is 0 Å². The highest BCUT2D eigenvalue weighted by Gasteiger charge is 2.23. The SMILES string of the molecule is CCc1oc2ccccc2c1C(N)c1cc(C)oc1C. The Kier molecular flexibility index (Phi) is 3.14. The third-order valence-corrected chi connectivity index (χ3v) is 3.76. The third-order valence-electron chi connectivity index (χ3n) is 3.76. The van der Waals surface area contributed by atoms with Crippen LogP contribution in [0, 0.1) is 13.8 Å². The van der Waals surface area contributed by atoms with Gasteiger partial charge in [0.25, 0.3) is 0 Å². The third kappa shape index (κ3) is 1.95. The second-order valence-corrected chi connectivity index (χ2v) is 5.13. The summed E-state index contributed by atoms with van der Waals surface area (Å²) in [4.78, 5) is 0. The van der Waals surface area contributed by atoms with Crippen LogP contribution in [0.1, 0.15) is 41.4 Å². The fourth-order valence-electron chi connectivity index (χ4n) is 2.83. The molecule has 3 nitrogen and oxygen atoms in total. The zero-order chi connectivity index (χ0) is 14.3. The molecule has 0 saturated carbocycles. The van der Waals surface area contributed by atoms with Crippen LogP contribution in [0.4, 0.5) is 0 Å². The van der Waals surface area contributed by atoms with Gasteiger partial charge in [-0.1, -0.05) is 25.1 Å². The molecule has 0 spiro atoms. The number of benzene rings is 1. The normalized spacial score (nSPS) is 13.0. The maximum absolute atomic E-state index is 6.50. The predicted octanol–water partition coefficient (Wildman–Crippen LogP) is 4.25. The van der Waals surface area contributed by atoms with Crippen LogP contribution in [0.5, 0.6) is 0 Å². The van der Waals surface area contributed by atoms with E-state index >= 15 is 0 Å². The molecule has 0 bridgehead atoms. The van der Waals surface area contributed by atoms with E-state index in [-0.39, 0.29) is 6.04 Å². The standard InChI is InChI=1S/C17H19NO2/c1-4-14-16(12-7-5-6-8-15(12)20-14)17(18)13-9-10(2)19-11(13)3/h5-9,17H,4,18H2,1-3H3. The Morgan fingerprint density at radius 2 is 1.90 bits per heavy atom. The molecule has 104 valence electrons. The highest BCUT2D eigenvalue weighted by molar-refractivity contribution is 5.83. The van der Waals surface area contributed by atoms with Crippen molar-refractivity contribution in [1.82, 2.24) is 0 Å². The fourth-order valence-corrected chi connectivity index (χ4v) is 2.83. The minimum Gasteiger partial charge on any atom is -0.466 e. The fraction of sp³-hybridized carbons (Fsp3) is 0.294. The van der Waals surface area contributed by atoms with E-state index < -0.39 is 0 Å². The molecule has 2 N–H and O–H groups in total. The topological polar surface area (TPSA) is 52.3 Å². The van der Waals surface area contributed by atoms with Gasteiger partial charge in [-0.25, -0.2) is 0 Å². The summed E-state index contributed by atoms with van der Waals surface area (Å²) in [5.41, 5.74) is 9.50. The zero-order valence-corrected chi connectivity index (χ0v) is 12.1. The Morgan fingerprint density at radius 3 is 2.55 bits per heavy atom. The lowest BCUT2D eigenvalue weighted by Gasteiger charge is -2.11. The number of hydrogen-bond acceptors (Lipinski definition) is 3. The van der Waals surface area contributed by atoms with Gasteiger partial charge in [-0.05, 0) is 26.0 Å². The minimum atomic E-state index is -0.217. The van der Waals surface area contributed by atoms with Crippen molar-refractivity contribution < 1.29 is 8.83 Å². The van der Waals surface area contributed by atoms with E-state index in [0.717, 1.165) is 45.8 Å². The maximum atomic E-state index is 6.50. The molecule has 3 aromatic rings. The lowest BCUT2D eigenvalue weighted by atomic mass is 9.96. The summed E-state index contributed by atoms with van der Waals surface area (Å²) in [6, 6.07) is 9.84. The van der Waals surface area contributed by atoms with Gasteiger partial charge in [0.05, 0.1) is 6.04 Å². The predicted molar refractivity (Wildman–Crippen MR) is 79.8 cm³/mol. The number of fused-ring (bicyclic) bond motifs is 1. The number of para-hydroxylation sites is 1. The van der Waals surface area contributed by atoms with Crippen molar-refractivity contribution in [2.24, 2.45) is 5.73 Å². The van der Waals surface area contributed by atoms with Gasteiger partial charge in [0.2, 0.25) is 0 Å². The van der Waals surface area contributed by atoms with Crippen molar-refractivity contribution >= 4 is 11.0 Å². The molecule has 2 heterocycles. The Balaban J connectivity index is 2.20. The lowest BCUT2D eigenvalue weighted by molar-refractivity contribution is 0.499. The van der Waals surface area contributed by atoms with E-state index in [2.05, 4.69) is 13.0 Å². The van der Waals surface area contributed by atoms with Gasteiger partial charge in [0.15, 0.2) is 0 Å². The van der Waals surface area contributed by atoms with E-state index in [1.54, 1.807) is 0 Å². The molecule has 0 fully saturated rings. The Bertz CT molecular complexity index is 752. The second-order valence-electron chi connectivity index (χ2n) is 5.13. The second kappa shape index (κ2) is 4.84. The number of nitrogens with two attached hydrogens (primary N) is 1. The largest absolute Gasteiger partial charge is 0.466 e. The van der Waals surface area contributed by atoms with Crippen molar-refractivity contribution in [2.45, 2.75) is 33.2 Å². The maximum Gasteiger partial charge on any atom is 0.134 e. The number of hydrogen-bond donors (Lipinski definition) is 1. The van der Waals surface area contributed by atoms with E-state index in [4.69, 9.17) is 14.6 Å². The summed E-state index contributed by atoms with van der Waals surface area (Å²) in [5.74, 6) is 2.72. The van der Waals surface area contributed by atoms with Crippen LogP contribution in [-0.2, 0) is 6.42 Å². The van der Waals surface area contributed by atoms with Crippen molar-refractivity contribution in [3.8, 4) is 0 Å². The first-order valence-corrected chi connectivity index (χ1v) is 6.94. The summed E-state index contributed by atoms with van der Waals surface area (Å²) < 4.78 is 11.5. The van der Waals surface area contributed by atoms with Gasteiger partial charge < -0.3 is 14.6 Å². The van der Waals surface area contributed by atoms with E-state index in [1.807, 2.05) is 38.1 Å². The summed E-state index contributed by atoms with van der Waals surface area (Å²) in [7, 11) is 0. The first-order valence-electron chi connectivity index (χ1n) is 6.94. The molecule has 0 amide bonds. The van der Waals surface area contributed by atoms with E-state index in [1.165, 1.54) is 0 Å². The van der Waals surface area contributed by atoms with Crippen LogP contribution in [0.3, 0.4) is 0 Å². The summed E-state index contributed by atoms with van der Waals surface area (Å²) in [5, 5.41) is 1.09. The Labute approximate surface area is 118 Å². The van der Waals surface area contributed by atoms with Gasteiger partial charge in [0.1, 0.15) is 22.9 Å².